The minimum absolute atomic E-state index is 0.184. The molecular formula is C14H18O3. The molecule has 0 amide bonds. The Hall–Kier alpha value is -1.35. The normalized spacial score (nSPS) is 16.8. The highest BCUT2D eigenvalue weighted by atomic mass is 16.5. The van der Waals surface area contributed by atoms with Crippen molar-refractivity contribution in [1.82, 2.24) is 0 Å². The second-order valence-corrected chi connectivity index (χ2v) is 4.72. The lowest BCUT2D eigenvalue weighted by molar-refractivity contribution is -0.137. The highest BCUT2D eigenvalue weighted by Gasteiger charge is 2.33. The van der Waals surface area contributed by atoms with Gasteiger partial charge in [-0.1, -0.05) is 24.3 Å². The van der Waals surface area contributed by atoms with Crippen molar-refractivity contribution in [2.24, 2.45) is 5.92 Å². The van der Waals surface area contributed by atoms with E-state index in [1.165, 1.54) is 0 Å². The zero-order chi connectivity index (χ0) is 12.3. The molecule has 0 heterocycles. The maximum atomic E-state index is 10.9. The van der Waals surface area contributed by atoms with E-state index in [2.05, 4.69) is 0 Å². The third-order valence-electron chi connectivity index (χ3n) is 3.30. The van der Waals surface area contributed by atoms with Crippen LogP contribution in [0.4, 0.5) is 0 Å². The Kier molecular flexibility index (Phi) is 3.79. The van der Waals surface area contributed by atoms with Gasteiger partial charge in [0.25, 0.3) is 0 Å². The summed E-state index contributed by atoms with van der Waals surface area (Å²) in [7, 11) is 1.67. The molecule has 0 aliphatic heterocycles. The molecule has 1 aromatic rings. The van der Waals surface area contributed by atoms with Crippen LogP contribution in [-0.4, -0.2) is 18.2 Å². The molecule has 1 aliphatic rings. The number of carboxylic acid groups (broad SMARTS) is 1. The third kappa shape index (κ3) is 3.30. The molecule has 3 nitrogen and oxygen atoms in total. The molecule has 1 N–H and O–H groups in total. The number of methoxy groups -OCH3 is 1. The van der Waals surface area contributed by atoms with E-state index in [1.54, 1.807) is 7.11 Å². The first-order chi connectivity index (χ1) is 8.20. The predicted octanol–water partition coefficient (Wildman–Crippen LogP) is 2.80. The zero-order valence-corrected chi connectivity index (χ0v) is 10.1. The van der Waals surface area contributed by atoms with E-state index >= 15 is 0 Å². The molecule has 1 atom stereocenters. The molecule has 1 aromatic carbocycles. The third-order valence-corrected chi connectivity index (χ3v) is 3.30. The van der Waals surface area contributed by atoms with Crippen molar-refractivity contribution in [2.45, 2.75) is 31.8 Å². The van der Waals surface area contributed by atoms with Gasteiger partial charge in [0, 0.05) is 7.11 Å². The van der Waals surface area contributed by atoms with E-state index < -0.39 is 5.97 Å². The molecule has 1 unspecified atom stereocenters. The molecule has 0 bridgehead atoms. The molecule has 0 aromatic heterocycles. The summed E-state index contributed by atoms with van der Waals surface area (Å²) in [4.78, 5) is 10.9. The minimum Gasteiger partial charge on any atom is -0.481 e. The monoisotopic (exact) mass is 234 g/mol. The Morgan fingerprint density at radius 2 is 2.06 bits per heavy atom. The van der Waals surface area contributed by atoms with Crippen LogP contribution in [0.5, 0.6) is 0 Å². The van der Waals surface area contributed by atoms with Crippen molar-refractivity contribution >= 4 is 5.97 Å². The summed E-state index contributed by atoms with van der Waals surface area (Å²) in [6.45, 7) is 0.604. The predicted molar refractivity (Wildman–Crippen MR) is 64.9 cm³/mol. The number of hydrogen-bond acceptors (Lipinski definition) is 2. The molecule has 2 rings (SSSR count). The summed E-state index contributed by atoms with van der Waals surface area (Å²) in [5, 5.41) is 8.94. The number of rotatable bonds is 6. The first kappa shape index (κ1) is 12.1. The van der Waals surface area contributed by atoms with Crippen molar-refractivity contribution in [2.75, 3.05) is 7.11 Å². The minimum atomic E-state index is -0.706. The second-order valence-electron chi connectivity index (χ2n) is 4.72. The van der Waals surface area contributed by atoms with Gasteiger partial charge >= 0.3 is 5.97 Å². The smallest absolute Gasteiger partial charge is 0.303 e. The Labute approximate surface area is 101 Å². The van der Waals surface area contributed by atoms with Gasteiger partial charge in [-0.15, -0.1) is 0 Å². The largest absolute Gasteiger partial charge is 0.481 e. The Balaban J connectivity index is 2.09. The molecule has 1 saturated carbocycles. The van der Waals surface area contributed by atoms with Crippen LogP contribution in [0.2, 0.25) is 0 Å². The van der Waals surface area contributed by atoms with Gasteiger partial charge in [0.2, 0.25) is 0 Å². The maximum Gasteiger partial charge on any atom is 0.303 e. The average Bonchev–Trinajstić information content (AvgIpc) is 3.11. The van der Waals surface area contributed by atoms with Crippen LogP contribution < -0.4 is 0 Å². The van der Waals surface area contributed by atoms with Gasteiger partial charge in [0.05, 0.1) is 13.0 Å². The van der Waals surface area contributed by atoms with Crippen LogP contribution in [-0.2, 0) is 16.1 Å². The van der Waals surface area contributed by atoms with Gasteiger partial charge < -0.3 is 9.84 Å². The standard InChI is InChI=1S/C14H18O3/c1-17-9-10-2-4-11(5-3-10)13(8-14(15)16)12-6-7-12/h2-5,12-13H,6-9H2,1H3,(H,15,16). The van der Waals surface area contributed by atoms with Crippen LogP contribution in [0.25, 0.3) is 0 Å². The van der Waals surface area contributed by atoms with Crippen LogP contribution >= 0.6 is 0 Å². The SMILES string of the molecule is COCc1ccc(C(CC(=O)O)C2CC2)cc1. The highest BCUT2D eigenvalue weighted by Crippen LogP contribution is 2.44. The number of hydrogen-bond donors (Lipinski definition) is 1. The Morgan fingerprint density at radius 1 is 1.41 bits per heavy atom. The summed E-state index contributed by atoms with van der Waals surface area (Å²) >= 11 is 0. The van der Waals surface area contributed by atoms with Gasteiger partial charge in [0.15, 0.2) is 0 Å². The molecule has 3 heteroatoms. The summed E-state index contributed by atoms with van der Waals surface area (Å²) in [6.07, 6.45) is 2.57. The van der Waals surface area contributed by atoms with Crippen LogP contribution in [0.15, 0.2) is 24.3 Å². The average molecular weight is 234 g/mol. The van der Waals surface area contributed by atoms with E-state index in [0.717, 1.165) is 24.0 Å². The van der Waals surface area contributed by atoms with E-state index in [0.29, 0.717) is 12.5 Å². The van der Waals surface area contributed by atoms with Crippen LogP contribution in [0, 0.1) is 5.92 Å². The number of carbonyl (C=O) groups is 1. The lowest BCUT2D eigenvalue weighted by Crippen LogP contribution is -2.08. The number of benzene rings is 1. The van der Waals surface area contributed by atoms with E-state index in [4.69, 9.17) is 9.84 Å². The number of carboxylic acids is 1. The van der Waals surface area contributed by atoms with E-state index in [9.17, 15) is 4.79 Å². The fourth-order valence-electron chi connectivity index (χ4n) is 2.27. The van der Waals surface area contributed by atoms with Crippen molar-refractivity contribution in [3.8, 4) is 0 Å². The first-order valence-electron chi connectivity index (χ1n) is 6.00. The maximum absolute atomic E-state index is 10.9. The molecule has 17 heavy (non-hydrogen) atoms. The lowest BCUT2D eigenvalue weighted by atomic mass is 9.90. The molecular weight excluding hydrogens is 216 g/mol. The van der Waals surface area contributed by atoms with E-state index in [1.807, 2.05) is 24.3 Å². The zero-order valence-electron chi connectivity index (χ0n) is 10.1. The Morgan fingerprint density at radius 3 is 2.53 bits per heavy atom. The van der Waals surface area contributed by atoms with Gasteiger partial charge in [-0.2, -0.15) is 0 Å². The molecule has 92 valence electrons. The fourth-order valence-corrected chi connectivity index (χ4v) is 2.27. The lowest BCUT2D eigenvalue weighted by Gasteiger charge is -2.14. The van der Waals surface area contributed by atoms with Crippen LogP contribution in [0.1, 0.15) is 36.3 Å². The van der Waals surface area contributed by atoms with Crippen molar-refractivity contribution < 1.29 is 14.6 Å². The molecule has 0 saturated heterocycles. The molecule has 1 fully saturated rings. The topological polar surface area (TPSA) is 46.5 Å². The van der Waals surface area contributed by atoms with Crippen molar-refractivity contribution in [3.63, 3.8) is 0 Å². The Bertz CT molecular complexity index is 379. The summed E-state index contributed by atoms with van der Waals surface area (Å²) in [5.74, 6) is 0.0475. The van der Waals surface area contributed by atoms with E-state index in [-0.39, 0.29) is 12.3 Å². The quantitative estimate of drug-likeness (QED) is 0.823. The molecule has 0 spiro atoms. The van der Waals surface area contributed by atoms with Gasteiger partial charge in [-0.05, 0) is 35.8 Å². The summed E-state index contributed by atoms with van der Waals surface area (Å²) in [6, 6.07) is 8.13. The highest BCUT2D eigenvalue weighted by molar-refractivity contribution is 5.68. The summed E-state index contributed by atoms with van der Waals surface area (Å²) < 4.78 is 5.06. The van der Waals surface area contributed by atoms with Gasteiger partial charge in [0.1, 0.15) is 0 Å². The molecule has 0 radical (unpaired) electrons. The first-order valence-corrected chi connectivity index (χ1v) is 6.00. The van der Waals surface area contributed by atoms with Gasteiger partial charge in [-0.25, -0.2) is 0 Å². The summed E-state index contributed by atoms with van der Waals surface area (Å²) in [5.41, 5.74) is 2.27. The molecule has 1 aliphatic carbocycles. The number of ether oxygens (including phenoxy) is 1. The fraction of sp³-hybridized carbons (Fsp3) is 0.500. The van der Waals surface area contributed by atoms with Gasteiger partial charge in [-0.3, -0.25) is 4.79 Å². The van der Waals surface area contributed by atoms with Crippen molar-refractivity contribution in [3.05, 3.63) is 35.4 Å². The van der Waals surface area contributed by atoms with Crippen molar-refractivity contribution in [1.29, 1.82) is 0 Å². The number of aliphatic carboxylic acids is 1. The van der Waals surface area contributed by atoms with Crippen LogP contribution in [0.3, 0.4) is 0 Å². The second kappa shape index (κ2) is 5.32.